The van der Waals surface area contributed by atoms with Crippen LogP contribution in [0.2, 0.25) is 0 Å². The molecule has 1 amide bonds. The zero-order valence-electron chi connectivity index (χ0n) is 17.5. The number of likely N-dealkylation sites (tertiary alicyclic amines) is 1. The Bertz CT molecular complexity index is 1140. The third-order valence-electron chi connectivity index (χ3n) is 7.06. The largest absolute Gasteiger partial charge is 0.390 e. The molecular formula is C24H27N5O2. The molecule has 1 N–H and O–H groups in total. The first-order valence-electron chi connectivity index (χ1n) is 11.3. The number of rotatable bonds is 3. The maximum Gasteiger partial charge on any atom is 0.274 e. The molecule has 4 heterocycles. The average Bonchev–Trinajstić information content (AvgIpc) is 3.56. The summed E-state index contributed by atoms with van der Waals surface area (Å²) in [5.41, 5.74) is 4.37. The summed E-state index contributed by atoms with van der Waals surface area (Å²) >= 11 is 0. The van der Waals surface area contributed by atoms with Crippen molar-refractivity contribution < 1.29 is 9.90 Å². The van der Waals surface area contributed by atoms with Crippen LogP contribution in [-0.4, -0.2) is 67.0 Å². The molecule has 160 valence electrons. The van der Waals surface area contributed by atoms with Gasteiger partial charge in [-0.25, -0.2) is 9.97 Å². The summed E-state index contributed by atoms with van der Waals surface area (Å²) in [7, 11) is 0. The average molecular weight is 418 g/mol. The second-order valence-electron chi connectivity index (χ2n) is 9.16. The minimum absolute atomic E-state index is 0.0845. The first-order chi connectivity index (χ1) is 15.2. The van der Waals surface area contributed by atoms with Gasteiger partial charge in [-0.2, -0.15) is 0 Å². The number of benzene rings is 1. The molecule has 3 aromatic rings. The molecule has 0 radical (unpaired) electrons. The summed E-state index contributed by atoms with van der Waals surface area (Å²) in [6.45, 7) is 2.80. The fourth-order valence-electron chi connectivity index (χ4n) is 5.12. The zero-order chi connectivity index (χ0) is 20.9. The predicted molar refractivity (Wildman–Crippen MR) is 116 cm³/mol. The lowest BCUT2D eigenvalue weighted by Gasteiger charge is -2.43. The fraction of sp³-hybridized carbons (Fsp3) is 0.458. The lowest BCUT2D eigenvalue weighted by molar-refractivity contribution is -0.0139. The molecule has 1 aliphatic carbocycles. The van der Waals surface area contributed by atoms with Crippen LogP contribution in [0, 0.1) is 0 Å². The number of amides is 1. The van der Waals surface area contributed by atoms with Crippen LogP contribution >= 0.6 is 0 Å². The Morgan fingerprint density at radius 2 is 1.90 bits per heavy atom. The van der Waals surface area contributed by atoms with Crippen LogP contribution in [0.15, 0.2) is 42.9 Å². The van der Waals surface area contributed by atoms with Gasteiger partial charge in [0.05, 0.1) is 6.10 Å². The molecule has 6 rings (SSSR count). The number of β-amino-alcohol motifs (C(OH)–C–C–N with tert-alkyl or cyclic N) is 1. The molecule has 1 saturated heterocycles. The van der Waals surface area contributed by atoms with E-state index in [9.17, 15) is 9.90 Å². The number of aliphatic hydroxyl groups is 1. The van der Waals surface area contributed by atoms with Crippen LogP contribution in [0.3, 0.4) is 0 Å². The van der Waals surface area contributed by atoms with Gasteiger partial charge in [0.1, 0.15) is 5.69 Å². The highest BCUT2D eigenvalue weighted by Gasteiger charge is 2.36. The lowest BCUT2D eigenvalue weighted by Crippen LogP contribution is -2.56. The summed E-state index contributed by atoms with van der Waals surface area (Å²) in [6.07, 6.45) is 9.34. The number of fused-ring (bicyclic) bond motifs is 2. The van der Waals surface area contributed by atoms with Gasteiger partial charge < -0.3 is 10.0 Å². The Kier molecular flexibility index (Phi) is 4.54. The Labute approximate surface area is 181 Å². The lowest BCUT2D eigenvalue weighted by atomic mass is 9.94. The minimum Gasteiger partial charge on any atom is -0.390 e. The van der Waals surface area contributed by atoms with Crippen LogP contribution in [0.4, 0.5) is 0 Å². The highest BCUT2D eigenvalue weighted by Crippen LogP contribution is 2.39. The number of piperidine rings is 1. The molecule has 2 aliphatic heterocycles. The highest BCUT2D eigenvalue weighted by molar-refractivity contribution is 5.92. The molecule has 7 nitrogen and oxygen atoms in total. The summed E-state index contributed by atoms with van der Waals surface area (Å²) in [5, 5.41) is 10.9. The number of carbonyl (C=O) groups excluding carboxylic acids is 1. The van der Waals surface area contributed by atoms with Gasteiger partial charge in [-0.3, -0.25) is 14.1 Å². The number of hydrogen-bond acceptors (Lipinski definition) is 5. The van der Waals surface area contributed by atoms with E-state index in [4.69, 9.17) is 0 Å². The van der Waals surface area contributed by atoms with Crippen molar-refractivity contribution >= 4 is 11.7 Å². The van der Waals surface area contributed by atoms with Crippen molar-refractivity contribution in [1.82, 2.24) is 24.2 Å². The van der Waals surface area contributed by atoms with Crippen LogP contribution in [0.25, 0.3) is 5.78 Å². The first-order valence-corrected chi connectivity index (χ1v) is 11.3. The van der Waals surface area contributed by atoms with E-state index >= 15 is 0 Å². The van der Waals surface area contributed by atoms with E-state index in [-0.39, 0.29) is 11.9 Å². The molecule has 0 bridgehead atoms. The molecule has 3 aliphatic rings. The first kappa shape index (κ1) is 19.0. The van der Waals surface area contributed by atoms with E-state index in [0.29, 0.717) is 30.5 Å². The van der Waals surface area contributed by atoms with Gasteiger partial charge in [-0.05, 0) is 48.3 Å². The van der Waals surface area contributed by atoms with Crippen molar-refractivity contribution in [2.45, 2.75) is 50.3 Å². The fourth-order valence-corrected chi connectivity index (χ4v) is 5.12. The maximum atomic E-state index is 13.1. The van der Waals surface area contributed by atoms with E-state index in [1.807, 2.05) is 16.8 Å². The van der Waals surface area contributed by atoms with Crippen LogP contribution in [0.1, 0.15) is 52.4 Å². The van der Waals surface area contributed by atoms with Crippen LogP contribution in [0.5, 0.6) is 0 Å². The normalized spacial score (nSPS) is 24.4. The van der Waals surface area contributed by atoms with E-state index < -0.39 is 6.10 Å². The molecule has 1 aromatic carbocycles. The van der Waals surface area contributed by atoms with Crippen molar-refractivity contribution in [3.8, 4) is 0 Å². The standard InChI is InChI=1S/C24H27N5O2/c30-22-15-28(10-8-21(22)27-9-7-16-3-1-2-4-18(16)12-27)23(31)20-14-29-13-19(17-5-6-17)11-25-24(29)26-20/h1-4,11,13-14,17,21-22,30H,5-10,12,15H2. The number of carbonyl (C=O) groups is 1. The van der Waals surface area contributed by atoms with Crippen molar-refractivity contribution in [3.63, 3.8) is 0 Å². The summed E-state index contributed by atoms with van der Waals surface area (Å²) in [6, 6.07) is 8.63. The number of imidazole rings is 1. The molecule has 0 spiro atoms. The second-order valence-corrected chi connectivity index (χ2v) is 9.16. The van der Waals surface area contributed by atoms with E-state index in [1.165, 1.54) is 29.5 Å². The predicted octanol–water partition coefficient (Wildman–Crippen LogP) is 2.24. The molecule has 1 saturated carbocycles. The Morgan fingerprint density at radius 1 is 1.06 bits per heavy atom. The molecule has 7 heteroatoms. The molecule has 2 unspecified atom stereocenters. The van der Waals surface area contributed by atoms with Gasteiger partial charge in [0.2, 0.25) is 5.78 Å². The second kappa shape index (κ2) is 7.43. The van der Waals surface area contributed by atoms with Gasteiger partial charge in [0, 0.05) is 50.8 Å². The van der Waals surface area contributed by atoms with E-state index in [1.54, 1.807) is 11.1 Å². The minimum atomic E-state index is -0.556. The smallest absolute Gasteiger partial charge is 0.274 e. The third kappa shape index (κ3) is 3.51. The zero-order valence-corrected chi connectivity index (χ0v) is 17.5. The molecule has 2 fully saturated rings. The topological polar surface area (TPSA) is 74.0 Å². The number of nitrogens with zero attached hydrogens (tertiary/aromatic N) is 5. The van der Waals surface area contributed by atoms with Gasteiger partial charge >= 0.3 is 0 Å². The summed E-state index contributed by atoms with van der Waals surface area (Å²) in [4.78, 5) is 26.1. The number of aromatic nitrogens is 3. The monoisotopic (exact) mass is 417 g/mol. The van der Waals surface area contributed by atoms with Crippen molar-refractivity contribution in [1.29, 1.82) is 0 Å². The van der Waals surface area contributed by atoms with E-state index in [2.05, 4.69) is 39.1 Å². The summed E-state index contributed by atoms with van der Waals surface area (Å²) in [5.74, 6) is 1.03. The number of hydrogen-bond donors (Lipinski definition) is 1. The SMILES string of the molecule is O=C(c1cn2cc(C3CC3)cnc2n1)N1CCC(N2CCc3ccccc3C2)C(O)C1. The van der Waals surface area contributed by atoms with Crippen LogP contribution in [-0.2, 0) is 13.0 Å². The molecule has 2 aromatic heterocycles. The summed E-state index contributed by atoms with van der Waals surface area (Å²) < 4.78 is 1.86. The van der Waals surface area contributed by atoms with Crippen molar-refractivity contribution in [3.05, 3.63) is 65.2 Å². The van der Waals surface area contributed by atoms with Gasteiger partial charge in [0.25, 0.3) is 5.91 Å². The Hall–Kier alpha value is -2.77. The molecule has 2 atom stereocenters. The number of aliphatic hydroxyl groups excluding tert-OH is 1. The van der Waals surface area contributed by atoms with E-state index in [0.717, 1.165) is 25.9 Å². The van der Waals surface area contributed by atoms with Gasteiger partial charge in [0.15, 0.2) is 0 Å². The van der Waals surface area contributed by atoms with Gasteiger partial charge in [-0.1, -0.05) is 24.3 Å². The molecular weight excluding hydrogens is 390 g/mol. The molecule has 31 heavy (non-hydrogen) atoms. The van der Waals surface area contributed by atoms with Crippen molar-refractivity contribution in [2.24, 2.45) is 0 Å². The third-order valence-corrected chi connectivity index (χ3v) is 7.06. The maximum absolute atomic E-state index is 13.1. The quantitative estimate of drug-likeness (QED) is 0.708. The van der Waals surface area contributed by atoms with Gasteiger partial charge in [-0.15, -0.1) is 0 Å². The van der Waals surface area contributed by atoms with Crippen LogP contribution < -0.4 is 0 Å². The van der Waals surface area contributed by atoms with Crippen molar-refractivity contribution in [2.75, 3.05) is 19.6 Å². The Morgan fingerprint density at radius 3 is 2.71 bits per heavy atom. The highest BCUT2D eigenvalue weighted by atomic mass is 16.3. The Balaban J connectivity index is 1.14.